The van der Waals surface area contributed by atoms with Crippen LogP contribution < -0.4 is 5.32 Å². The molecule has 0 aliphatic carbocycles. The molecule has 26 heavy (non-hydrogen) atoms. The molecule has 0 bridgehead atoms. The van der Waals surface area contributed by atoms with E-state index in [0.717, 1.165) is 0 Å². The summed E-state index contributed by atoms with van der Waals surface area (Å²) >= 11 is 6.09. The molecule has 0 spiro atoms. The van der Waals surface area contributed by atoms with Gasteiger partial charge in [0.2, 0.25) is 5.91 Å². The third kappa shape index (κ3) is 4.47. The van der Waals surface area contributed by atoms with Crippen LogP contribution in [0.4, 0.5) is 5.69 Å². The second kappa shape index (κ2) is 8.12. The zero-order valence-corrected chi connectivity index (χ0v) is 15.4. The van der Waals surface area contributed by atoms with E-state index in [1.165, 1.54) is 17.5 Å². The molecular weight excluding hydrogens is 350 g/mol. The number of halogens is 1. The first-order chi connectivity index (χ1) is 12.5. The SMILES string of the molecule is Cc1ccccc1CN(C)CC(=O)Nc1cc(Cl)ccc1-n1cncn1. The molecule has 134 valence electrons. The molecule has 0 unspecified atom stereocenters. The Morgan fingerprint density at radius 3 is 2.81 bits per heavy atom. The van der Waals surface area contributed by atoms with Crippen molar-refractivity contribution in [2.24, 2.45) is 0 Å². The number of aryl methyl sites for hydroxylation is 1. The molecule has 0 atom stereocenters. The normalized spacial score (nSPS) is 10.9. The van der Waals surface area contributed by atoms with E-state index in [2.05, 4.69) is 34.5 Å². The minimum absolute atomic E-state index is 0.121. The van der Waals surface area contributed by atoms with Gasteiger partial charge in [-0.2, -0.15) is 5.10 Å². The fourth-order valence-electron chi connectivity index (χ4n) is 2.71. The summed E-state index contributed by atoms with van der Waals surface area (Å²) in [7, 11) is 1.92. The van der Waals surface area contributed by atoms with Gasteiger partial charge in [0.05, 0.1) is 17.9 Å². The van der Waals surface area contributed by atoms with Gasteiger partial charge in [-0.15, -0.1) is 0 Å². The highest BCUT2D eigenvalue weighted by atomic mass is 35.5. The van der Waals surface area contributed by atoms with E-state index in [0.29, 0.717) is 22.9 Å². The maximum atomic E-state index is 12.5. The van der Waals surface area contributed by atoms with Crippen molar-refractivity contribution in [3.63, 3.8) is 0 Å². The number of hydrogen-bond acceptors (Lipinski definition) is 4. The zero-order chi connectivity index (χ0) is 18.5. The lowest BCUT2D eigenvalue weighted by molar-refractivity contribution is -0.117. The summed E-state index contributed by atoms with van der Waals surface area (Å²) in [6.45, 7) is 3.03. The van der Waals surface area contributed by atoms with Gasteiger partial charge in [0.15, 0.2) is 0 Å². The van der Waals surface area contributed by atoms with Gasteiger partial charge in [0.25, 0.3) is 0 Å². The van der Waals surface area contributed by atoms with Crippen LogP contribution in [0.25, 0.3) is 5.69 Å². The molecule has 6 nitrogen and oxygen atoms in total. The molecule has 2 aromatic carbocycles. The minimum Gasteiger partial charge on any atom is -0.323 e. The van der Waals surface area contributed by atoms with Crippen LogP contribution in [0.5, 0.6) is 0 Å². The molecule has 0 saturated heterocycles. The number of amides is 1. The molecule has 7 heteroatoms. The van der Waals surface area contributed by atoms with Crippen LogP contribution in [-0.4, -0.2) is 39.2 Å². The lowest BCUT2D eigenvalue weighted by Crippen LogP contribution is -2.30. The number of nitrogens with one attached hydrogen (secondary N) is 1. The number of carbonyl (C=O) groups is 1. The Kier molecular flexibility index (Phi) is 5.65. The van der Waals surface area contributed by atoms with Crippen molar-refractivity contribution in [2.75, 3.05) is 18.9 Å². The van der Waals surface area contributed by atoms with E-state index in [1.54, 1.807) is 29.2 Å². The topological polar surface area (TPSA) is 63.1 Å². The summed E-state index contributed by atoms with van der Waals surface area (Å²) in [5.41, 5.74) is 3.72. The molecule has 1 aromatic heterocycles. The standard InChI is InChI=1S/C19H20ClN5O/c1-14-5-3-4-6-15(14)10-24(2)11-19(26)23-17-9-16(20)7-8-18(17)25-13-21-12-22-25/h3-9,12-13H,10-11H2,1-2H3,(H,23,26). The third-order valence-corrected chi connectivity index (χ3v) is 4.25. The lowest BCUT2D eigenvalue weighted by atomic mass is 10.1. The number of aromatic nitrogens is 3. The van der Waals surface area contributed by atoms with Crippen LogP contribution in [0.2, 0.25) is 5.02 Å². The fraction of sp³-hybridized carbons (Fsp3) is 0.211. The number of hydrogen-bond donors (Lipinski definition) is 1. The van der Waals surface area contributed by atoms with E-state index < -0.39 is 0 Å². The van der Waals surface area contributed by atoms with Crippen LogP contribution in [0.1, 0.15) is 11.1 Å². The van der Waals surface area contributed by atoms with Crippen LogP contribution in [0, 0.1) is 6.92 Å². The number of carbonyl (C=O) groups excluding carboxylic acids is 1. The number of likely N-dealkylation sites (N-methyl/N-ethyl adjacent to an activating group) is 1. The Morgan fingerprint density at radius 2 is 2.08 bits per heavy atom. The van der Waals surface area contributed by atoms with Gasteiger partial charge in [0, 0.05) is 11.6 Å². The molecule has 1 heterocycles. The van der Waals surface area contributed by atoms with Gasteiger partial charge in [0.1, 0.15) is 12.7 Å². The maximum absolute atomic E-state index is 12.5. The predicted molar refractivity (Wildman–Crippen MR) is 103 cm³/mol. The lowest BCUT2D eigenvalue weighted by Gasteiger charge is -2.18. The Morgan fingerprint density at radius 1 is 1.27 bits per heavy atom. The van der Waals surface area contributed by atoms with E-state index in [1.807, 2.05) is 24.1 Å². The molecule has 0 saturated carbocycles. The molecule has 0 fully saturated rings. The fourth-order valence-corrected chi connectivity index (χ4v) is 2.88. The average molecular weight is 370 g/mol. The van der Waals surface area contributed by atoms with Crippen molar-refractivity contribution in [2.45, 2.75) is 13.5 Å². The van der Waals surface area contributed by atoms with Gasteiger partial charge >= 0.3 is 0 Å². The molecule has 1 N–H and O–H groups in total. The van der Waals surface area contributed by atoms with E-state index >= 15 is 0 Å². The first kappa shape index (κ1) is 18.1. The van der Waals surface area contributed by atoms with Crippen molar-refractivity contribution in [3.8, 4) is 5.69 Å². The van der Waals surface area contributed by atoms with Crippen LogP contribution in [-0.2, 0) is 11.3 Å². The quantitative estimate of drug-likeness (QED) is 0.724. The zero-order valence-electron chi connectivity index (χ0n) is 14.7. The van der Waals surface area contributed by atoms with E-state index in [9.17, 15) is 4.79 Å². The first-order valence-electron chi connectivity index (χ1n) is 8.20. The van der Waals surface area contributed by atoms with Crippen molar-refractivity contribution in [3.05, 3.63) is 71.3 Å². The Labute approximate surface area is 157 Å². The molecule has 0 radical (unpaired) electrons. The van der Waals surface area contributed by atoms with Gasteiger partial charge in [-0.25, -0.2) is 9.67 Å². The molecule has 3 rings (SSSR count). The van der Waals surface area contributed by atoms with Crippen molar-refractivity contribution >= 4 is 23.2 Å². The average Bonchev–Trinajstić information content (AvgIpc) is 3.11. The highest BCUT2D eigenvalue weighted by Crippen LogP contribution is 2.24. The summed E-state index contributed by atoms with van der Waals surface area (Å²) in [4.78, 5) is 18.4. The van der Waals surface area contributed by atoms with Crippen LogP contribution >= 0.6 is 11.6 Å². The third-order valence-electron chi connectivity index (χ3n) is 4.01. The molecule has 3 aromatic rings. The highest BCUT2D eigenvalue weighted by molar-refractivity contribution is 6.31. The van der Waals surface area contributed by atoms with Crippen molar-refractivity contribution in [1.82, 2.24) is 19.7 Å². The Bertz CT molecular complexity index is 895. The number of benzene rings is 2. The summed E-state index contributed by atoms with van der Waals surface area (Å²) in [5, 5.41) is 7.57. The Balaban J connectivity index is 1.68. The molecular formula is C19H20ClN5O. The second-order valence-electron chi connectivity index (χ2n) is 6.15. The Hall–Kier alpha value is -2.70. The highest BCUT2D eigenvalue weighted by Gasteiger charge is 2.12. The number of anilines is 1. The first-order valence-corrected chi connectivity index (χ1v) is 8.58. The summed E-state index contributed by atoms with van der Waals surface area (Å²) in [6.07, 6.45) is 3.01. The van der Waals surface area contributed by atoms with E-state index in [4.69, 9.17) is 11.6 Å². The predicted octanol–water partition coefficient (Wildman–Crippen LogP) is 3.30. The van der Waals surface area contributed by atoms with Gasteiger partial charge in [-0.05, 0) is 43.3 Å². The van der Waals surface area contributed by atoms with Crippen molar-refractivity contribution < 1.29 is 4.79 Å². The molecule has 1 amide bonds. The van der Waals surface area contributed by atoms with E-state index in [-0.39, 0.29) is 12.5 Å². The molecule has 0 aliphatic rings. The molecule has 0 aliphatic heterocycles. The monoisotopic (exact) mass is 369 g/mol. The number of rotatable bonds is 6. The summed E-state index contributed by atoms with van der Waals surface area (Å²) in [5.74, 6) is -0.121. The minimum atomic E-state index is -0.121. The summed E-state index contributed by atoms with van der Waals surface area (Å²) in [6, 6.07) is 13.4. The smallest absolute Gasteiger partial charge is 0.238 e. The van der Waals surface area contributed by atoms with Gasteiger partial charge in [-0.1, -0.05) is 35.9 Å². The van der Waals surface area contributed by atoms with Crippen LogP contribution in [0.15, 0.2) is 55.1 Å². The second-order valence-corrected chi connectivity index (χ2v) is 6.58. The summed E-state index contributed by atoms with van der Waals surface area (Å²) < 4.78 is 1.59. The number of nitrogens with zero attached hydrogens (tertiary/aromatic N) is 4. The van der Waals surface area contributed by atoms with Gasteiger partial charge < -0.3 is 5.32 Å². The van der Waals surface area contributed by atoms with Crippen molar-refractivity contribution in [1.29, 1.82) is 0 Å². The maximum Gasteiger partial charge on any atom is 0.238 e. The van der Waals surface area contributed by atoms with Gasteiger partial charge in [-0.3, -0.25) is 9.69 Å². The van der Waals surface area contributed by atoms with Crippen LogP contribution in [0.3, 0.4) is 0 Å². The largest absolute Gasteiger partial charge is 0.323 e.